The zero-order valence-electron chi connectivity index (χ0n) is 10.8. The molecule has 0 spiro atoms. The van der Waals surface area contributed by atoms with Crippen LogP contribution in [0.1, 0.15) is 38.2 Å². The SMILES string of the molecule is CC(C)(C)OC(=O)N[C@@H](CC(=O)O)c1ncc(Br)s1. The van der Waals surface area contributed by atoms with Crippen molar-refractivity contribution in [3.63, 3.8) is 0 Å². The Bertz CT molecular complexity index is 470. The molecule has 0 saturated carbocycles. The summed E-state index contributed by atoms with van der Waals surface area (Å²) in [6, 6.07) is -0.705. The number of carboxylic acids is 1. The largest absolute Gasteiger partial charge is 0.481 e. The van der Waals surface area contributed by atoms with Crippen molar-refractivity contribution >= 4 is 39.3 Å². The van der Waals surface area contributed by atoms with Gasteiger partial charge in [-0.05, 0) is 36.7 Å². The summed E-state index contributed by atoms with van der Waals surface area (Å²) in [5.41, 5.74) is -0.638. The Morgan fingerprint density at radius 3 is 2.63 bits per heavy atom. The summed E-state index contributed by atoms with van der Waals surface area (Å²) >= 11 is 4.52. The maximum atomic E-state index is 11.7. The molecule has 6 nitrogen and oxygen atoms in total. The van der Waals surface area contributed by atoms with Crippen LogP contribution >= 0.6 is 27.3 Å². The van der Waals surface area contributed by atoms with Gasteiger partial charge in [0.2, 0.25) is 0 Å². The number of carbonyl (C=O) groups is 2. The first-order valence-electron chi connectivity index (χ1n) is 5.50. The number of carboxylic acid groups (broad SMARTS) is 1. The molecule has 1 rings (SSSR count). The molecule has 0 unspecified atom stereocenters. The predicted molar refractivity (Wildman–Crippen MR) is 74.2 cm³/mol. The second kappa shape index (κ2) is 6.33. The maximum absolute atomic E-state index is 11.7. The Morgan fingerprint density at radius 2 is 2.21 bits per heavy atom. The molecule has 0 aliphatic heterocycles. The molecule has 0 radical (unpaired) electrons. The van der Waals surface area contributed by atoms with Crippen molar-refractivity contribution in [1.82, 2.24) is 10.3 Å². The molecule has 8 heteroatoms. The molecule has 0 aliphatic carbocycles. The van der Waals surface area contributed by atoms with E-state index in [1.54, 1.807) is 27.0 Å². The molecule has 1 aromatic heterocycles. The average Bonchev–Trinajstić information content (AvgIpc) is 2.60. The standard InChI is InChI=1S/C11H15BrN2O4S/c1-11(2,3)18-10(17)14-6(4-8(15)16)9-13-5-7(12)19-9/h5-6H,4H2,1-3H3,(H,14,17)(H,15,16)/t6-/m0/s1. The number of ether oxygens (including phenoxy) is 1. The number of amides is 1. The van der Waals surface area contributed by atoms with Gasteiger partial charge in [0.05, 0.1) is 22.4 Å². The van der Waals surface area contributed by atoms with Crippen LogP contribution in [0.3, 0.4) is 0 Å². The third kappa shape index (κ3) is 6.02. The minimum absolute atomic E-state index is 0.251. The highest BCUT2D eigenvalue weighted by Crippen LogP contribution is 2.26. The van der Waals surface area contributed by atoms with Gasteiger partial charge < -0.3 is 15.2 Å². The van der Waals surface area contributed by atoms with E-state index in [4.69, 9.17) is 9.84 Å². The van der Waals surface area contributed by atoms with Crippen molar-refractivity contribution in [3.05, 3.63) is 15.0 Å². The van der Waals surface area contributed by atoms with E-state index >= 15 is 0 Å². The van der Waals surface area contributed by atoms with Gasteiger partial charge in [0, 0.05) is 0 Å². The third-order valence-electron chi connectivity index (χ3n) is 1.86. The Kier molecular flexibility index (Phi) is 5.30. The molecule has 0 fully saturated rings. The lowest BCUT2D eigenvalue weighted by Gasteiger charge is -2.22. The minimum Gasteiger partial charge on any atom is -0.481 e. The second-order valence-electron chi connectivity index (χ2n) is 4.80. The van der Waals surface area contributed by atoms with E-state index < -0.39 is 23.7 Å². The van der Waals surface area contributed by atoms with E-state index in [9.17, 15) is 9.59 Å². The first-order chi connectivity index (χ1) is 8.67. The van der Waals surface area contributed by atoms with Crippen LogP contribution in [0.5, 0.6) is 0 Å². The van der Waals surface area contributed by atoms with Crippen molar-refractivity contribution in [2.45, 2.75) is 38.8 Å². The summed E-state index contributed by atoms with van der Waals surface area (Å²) in [5.74, 6) is -1.02. The molecule has 1 atom stereocenters. The smallest absolute Gasteiger partial charge is 0.408 e. The number of carbonyl (C=O) groups excluding carboxylic acids is 1. The molecule has 19 heavy (non-hydrogen) atoms. The zero-order chi connectivity index (χ0) is 14.6. The van der Waals surface area contributed by atoms with Crippen molar-refractivity contribution in [3.8, 4) is 0 Å². The summed E-state index contributed by atoms with van der Waals surface area (Å²) < 4.78 is 5.87. The van der Waals surface area contributed by atoms with Gasteiger partial charge in [0.1, 0.15) is 10.6 Å². The second-order valence-corrected chi connectivity index (χ2v) is 7.24. The van der Waals surface area contributed by atoms with Gasteiger partial charge in [-0.2, -0.15) is 0 Å². The summed E-state index contributed by atoms with van der Waals surface area (Å²) in [6.07, 6.45) is 0.648. The van der Waals surface area contributed by atoms with E-state index in [-0.39, 0.29) is 6.42 Å². The number of nitrogens with one attached hydrogen (secondary N) is 1. The van der Waals surface area contributed by atoms with Crippen LogP contribution in [0.15, 0.2) is 9.98 Å². The van der Waals surface area contributed by atoms with Crippen LogP contribution < -0.4 is 5.32 Å². The highest BCUT2D eigenvalue weighted by Gasteiger charge is 2.24. The predicted octanol–water partition coefficient (Wildman–Crippen LogP) is 2.95. The van der Waals surface area contributed by atoms with E-state index in [2.05, 4.69) is 26.2 Å². The number of hydrogen-bond donors (Lipinski definition) is 2. The molecule has 1 aromatic rings. The van der Waals surface area contributed by atoms with Gasteiger partial charge in [-0.1, -0.05) is 0 Å². The molecule has 0 aliphatic rings. The highest BCUT2D eigenvalue weighted by molar-refractivity contribution is 9.11. The van der Waals surface area contributed by atoms with Crippen LogP contribution in [0.25, 0.3) is 0 Å². The first-order valence-corrected chi connectivity index (χ1v) is 7.11. The number of nitrogens with zero attached hydrogens (tertiary/aromatic N) is 1. The third-order valence-corrected chi connectivity index (χ3v) is 3.45. The van der Waals surface area contributed by atoms with Crippen LogP contribution in [0.4, 0.5) is 4.79 Å². The van der Waals surface area contributed by atoms with Crippen molar-refractivity contribution in [1.29, 1.82) is 0 Å². The van der Waals surface area contributed by atoms with Crippen molar-refractivity contribution in [2.24, 2.45) is 0 Å². The summed E-state index contributed by atoms with van der Waals surface area (Å²) in [4.78, 5) is 26.6. The fraction of sp³-hybridized carbons (Fsp3) is 0.545. The lowest BCUT2D eigenvalue weighted by atomic mass is 10.2. The van der Waals surface area contributed by atoms with Crippen LogP contribution in [0, 0.1) is 0 Å². The molecule has 2 N–H and O–H groups in total. The monoisotopic (exact) mass is 350 g/mol. The molecule has 0 bridgehead atoms. The van der Waals surface area contributed by atoms with E-state index in [0.717, 1.165) is 3.79 Å². The Hall–Kier alpha value is -1.15. The highest BCUT2D eigenvalue weighted by atomic mass is 79.9. The van der Waals surface area contributed by atoms with E-state index in [1.165, 1.54) is 11.3 Å². The lowest BCUT2D eigenvalue weighted by Crippen LogP contribution is -2.35. The quantitative estimate of drug-likeness (QED) is 0.871. The number of halogens is 1. The number of thiazole rings is 1. The topological polar surface area (TPSA) is 88.5 Å². The fourth-order valence-corrected chi connectivity index (χ4v) is 2.55. The van der Waals surface area contributed by atoms with Gasteiger partial charge in [-0.15, -0.1) is 11.3 Å². The van der Waals surface area contributed by atoms with Gasteiger partial charge in [-0.25, -0.2) is 9.78 Å². The number of rotatable bonds is 4. The van der Waals surface area contributed by atoms with Gasteiger partial charge in [0.15, 0.2) is 0 Å². The van der Waals surface area contributed by atoms with Crippen LogP contribution in [-0.2, 0) is 9.53 Å². The Morgan fingerprint density at radius 1 is 1.58 bits per heavy atom. The van der Waals surface area contributed by atoms with Gasteiger partial charge in [0.25, 0.3) is 0 Å². The molecule has 0 saturated heterocycles. The molecule has 1 amide bonds. The number of alkyl carbamates (subject to hydrolysis) is 1. The Labute approximate surface area is 123 Å². The van der Waals surface area contributed by atoms with Gasteiger partial charge in [-0.3, -0.25) is 4.79 Å². The number of aromatic nitrogens is 1. The lowest BCUT2D eigenvalue weighted by molar-refractivity contribution is -0.137. The molecule has 0 aromatic carbocycles. The zero-order valence-corrected chi connectivity index (χ0v) is 13.2. The first kappa shape index (κ1) is 15.9. The van der Waals surface area contributed by atoms with Gasteiger partial charge >= 0.3 is 12.1 Å². The molecule has 106 valence electrons. The van der Waals surface area contributed by atoms with E-state index in [1.807, 2.05) is 0 Å². The number of hydrogen-bond acceptors (Lipinski definition) is 5. The summed E-state index contributed by atoms with van der Waals surface area (Å²) in [7, 11) is 0. The summed E-state index contributed by atoms with van der Waals surface area (Å²) in [5, 5.41) is 11.9. The average molecular weight is 351 g/mol. The molecular weight excluding hydrogens is 336 g/mol. The van der Waals surface area contributed by atoms with Crippen LogP contribution in [-0.4, -0.2) is 27.8 Å². The Balaban J connectivity index is 2.76. The fourth-order valence-electron chi connectivity index (χ4n) is 1.25. The van der Waals surface area contributed by atoms with E-state index in [0.29, 0.717) is 5.01 Å². The van der Waals surface area contributed by atoms with Crippen LogP contribution in [0.2, 0.25) is 0 Å². The molecular formula is C11H15BrN2O4S. The van der Waals surface area contributed by atoms with Crippen molar-refractivity contribution < 1.29 is 19.4 Å². The number of aliphatic carboxylic acids is 1. The maximum Gasteiger partial charge on any atom is 0.408 e. The summed E-state index contributed by atoms with van der Waals surface area (Å²) in [6.45, 7) is 5.20. The minimum atomic E-state index is -1.02. The molecule has 1 heterocycles. The normalized spacial score (nSPS) is 12.8. The van der Waals surface area contributed by atoms with Crippen molar-refractivity contribution in [2.75, 3.05) is 0 Å².